The van der Waals surface area contributed by atoms with Crippen LogP contribution in [0.3, 0.4) is 0 Å². The van der Waals surface area contributed by atoms with Crippen LogP contribution in [0.1, 0.15) is 23.7 Å². The van der Waals surface area contributed by atoms with Crippen LogP contribution in [0.5, 0.6) is 0 Å². The zero-order chi connectivity index (χ0) is 18.7. The van der Waals surface area contributed by atoms with E-state index in [-0.39, 0.29) is 22.7 Å². The molecule has 3 aromatic rings. The summed E-state index contributed by atoms with van der Waals surface area (Å²) in [7, 11) is -3.99. The van der Waals surface area contributed by atoms with Crippen molar-refractivity contribution in [3.63, 3.8) is 0 Å². The fourth-order valence-electron chi connectivity index (χ4n) is 2.85. The lowest BCUT2D eigenvalue weighted by Gasteiger charge is -2.25. The average molecular weight is 370 g/mol. The quantitative estimate of drug-likeness (QED) is 0.717. The van der Waals surface area contributed by atoms with Crippen molar-refractivity contribution in [2.75, 3.05) is 10.8 Å². The molecule has 134 valence electrons. The molecule has 1 heterocycles. The van der Waals surface area contributed by atoms with Crippen LogP contribution in [0.25, 0.3) is 10.9 Å². The second kappa shape index (κ2) is 7.13. The number of fused-ring (bicyclic) bond motifs is 1. The molecular formula is C19H18N2O4S. The maximum atomic E-state index is 13.4. The number of sulfonamides is 1. The first-order chi connectivity index (χ1) is 12.5. The molecule has 0 aliphatic rings. The predicted molar refractivity (Wildman–Crippen MR) is 100.0 cm³/mol. The van der Waals surface area contributed by atoms with Gasteiger partial charge < -0.3 is 5.11 Å². The lowest BCUT2D eigenvalue weighted by atomic mass is 10.2. The molecule has 0 fully saturated rings. The molecule has 0 aliphatic carbocycles. The number of aromatic carboxylic acids is 1. The number of carboxylic acids is 1. The zero-order valence-corrected chi connectivity index (χ0v) is 15.0. The van der Waals surface area contributed by atoms with Gasteiger partial charge in [0, 0.05) is 18.1 Å². The van der Waals surface area contributed by atoms with Crippen molar-refractivity contribution in [2.24, 2.45) is 0 Å². The molecule has 1 aromatic heterocycles. The highest BCUT2D eigenvalue weighted by Crippen LogP contribution is 2.30. The fraction of sp³-hybridized carbons (Fsp3) is 0.158. The second-order valence-electron chi connectivity index (χ2n) is 5.73. The molecular weight excluding hydrogens is 352 g/mol. The molecule has 1 N–H and O–H groups in total. The van der Waals surface area contributed by atoms with Gasteiger partial charge >= 0.3 is 5.97 Å². The van der Waals surface area contributed by atoms with Gasteiger partial charge in [-0.3, -0.25) is 9.29 Å². The third-order valence-corrected chi connectivity index (χ3v) is 5.84. The highest BCUT2D eigenvalue weighted by molar-refractivity contribution is 7.93. The predicted octanol–water partition coefficient (Wildman–Crippen LogP) is 3.54. The van der Waals surface area contributed by atoms with E-state index in [0.717, 1.165) is 4.31 Å². The van der Waals surface area contributed by atoms with Gasteiger partial charge in [0.2, 0.25) is 0 Å². The SMILES string of the molecule is CCCN(c1ccccc1C(=O)O)S(=O)(=O)c1cccc2cccnc12. The molecule has 3 rings (SSSR count). The Kier molecular flexibility index (Phi) is 4.90. The summed E-state index contributed by atoms with van der Waals surface area (Å²) in [5, 5.41) is 10.2. The highest BCUT2D eigenvalue weighted by atomic mass is 32.2. The summed E-state index contributed by atoms with van der Waals surface area (Å²) in [6.07, 6.45) is 2.07. The molecule has 0 bridgehead atoms. The molecule has 26 heavy (non-hydrogen) atoms. The van der Waals surface area contributed by atoms with Crippen LogP contribution in [0.4, 0.5) is 5.69 Å². The van der Waals surface area contributed by atoms with Crippen molar-refractivity contribution in [3.8, 4) is 0 Å². The smallest absolute Gasteiger partial charge is 0.337 e. The first-order valence-electron chi connectivity index (χ1n) is 8.15. The van der Waals surface area contributed by atoms with Crippen molar-refractivity contribution in [3.05, 3.63) is 66.4 Å². The van der Waals surface area contributed by atoms with E-state index in [0.29, 0.717) is 17.3 Å². The normalized spacial score (nSPS) is 11.4. The molecule has 0 atom stereocenters. The van der Waals surface area contributed by atoms with Crippen molar-refractivity contribution >= 4 is 32.6 Å². The van der Waals surface area contributed by atoms with E-state index in [1.165, 1.54) is 24.4 Å². The fourth-order valence-corrected chi connectivity index (χ4v) is 4.59. The molecule has 6 nitrogen and oxygen atoms in total. The van der Waals surface area contributed by atoms with Crippen LogP contribution in [0.15, 0.2) is 65.7 Å². The van der Waals surface area contributed by atoms with Crippen LogP contribution in [0, 0.1) is 0 Å². The number of benzene rings is 2. The Morgan fingerprint density at radius 2 is 1.81 bits per heavy atom. The van der Waals surface area contributed by atoms with Gasteiger partial charge in [-0.05, 0) is 30.7 Å². The number of hydrogen-bond donors (Lipinski definition) is 1. The van der Waals surface area contributed by atoms with Gasteiger partial charge in [0.1, 0.15) is 4.90 Å². The third kappa shape index (κ3) is 3.13. The van der Waals surface area contributed by atoms with Crippen LogP contribution in [-0.4, -0.2) is 31.0 Å². The number of rotatable bonds is 6. The largest absolute Gasteiger partial charge is 0.478 e. The molecule has 0 aliphatic heterocycles. The van der Waals surface area contributed by atoms with Crippen molar-refractivity contribution < 1.29 is 18.3 Å². The second-order valence-corrected chi connectivity index (χ2v) is 7.56. The standard InChI is InChI=1S/C19H18N2O4S/c1-2-13-21(16-10-4-3-9-15(16)19(22)23)26(24,25)17-11-5-7-14-8-6-12-20-18(14)17/h3-12H,2,13H2,1H3,(H,22,23). The number of para-hydroxylation sites is 2. The van der Waals surface area contributed by atoms with Crippen molar-refractivity contribution in [1.29, 1.82) is 0 Å². The average Bonchev–Trinajstić information content (AvgIpc) is 2.65. The third-order valence-electron chi connectivity index (χ3n) is 3.99. The summed E-state index contributed by atoms with van der Waals surface area (Å²) in [6, 6.07) is 14.6. The molecule has 0 unspecified atom stereocenters. The van der Waals surface area contributed by atoms with E-state index in [9.17, 15) is 18.3 Å². The summed E-state index contributed by atoms with van der Waals surface area (Å²) in [4.78, 5) is 15.9. The van der Waals surface area contributed by atoms with Crippen molar-refractivity contribution in [1.82, 2.24) is 4.98 Å². The molecule has 0 saturated carbocycles. The van der Waals surface area contributed by atoms with Gasteiger partial charge in [-0.25, -0.2) is 13.2 Å². The van der Waals surface area contributed by atoms with E-state index in [4.69, 9.17) is 0 Å². The Balaban J connectivity index is 2.24. The summed E-state index contributed by atoms with van der Waals surface area (Å²) in [6.45, 7) is 2.00. The number of pyridine rings is 1. The number of carbonyl (C=O) groups is 1. The topological polar surface area (TPSA) is 87.6 Å². The Labute approximate surface area is 151 Å². The minimum atomic E-state index is -3.99. The van der Waals surface area contributed by atoms with Gasteiger partial charge in [-0.15, -0.1) is 0 Å². The number of carboxylic acid groups (broad SMARTS) is 1. The lowest BCUT2D eigenvalue weighted by molar-refractivity contribution is 0.0697. The summed E-state index contributed by atoms with van der Waals surface area (Å²) in [5.74, 6) is -1.17. The minimum Gasteiger partial charge on any atom is -0.478 e. The van der Waals surface area contributed by atoms with Crippen LogP contribution in [-0.2, 0) is 10.0 Å². The summed E-state index contributed by atoms with van der Waals surface area (Å²) in [5.41, 5.74) is 0.455. The molecule has 0 spiro atoms. The van der Waals surface area contributed by atoms with E-state index < -0.39 is 16.0 Å². The lowest BCUT2D eigenvalue weighted by Crippen LogP contribution is -2.33. The maximum absolute atomic E-state index is 13.4. The van der Waals surface area contributed by atoms with Crippen LogP contribution in [0.2, 0.25) is 0 Å². The van der Waals surface area contributed by atoms with E-state index in [2.05, 4.69) is 4.98 Å². The van der Waals surface area contributed by atoms with Gasteiger partial charge in [-0.1, -0.05) is 37.3 Å². The molecule has 2 aromatic carbocycles. The monoisotopic (exact) mass is 370 g/mol. The first-order valence-corrected chi connectivity index (χ1v) is 9.59. The Hall–Kier alpha value is -2.93. The number of aromatic nitrogens is 1. The molecule has 0 radical (unpaired) electrons. The minimum absolute atomic E-state index is 0.0577. The van der Waals surface area contributed by atoms with Gasteiger partial charge in [0.05, 0.1) is 16.8 Å². The Morgan fingerprint density at radius 1 is 1.08 bits per heavy atom. The summed E-state index contributed by atoms with van der Waals surface area (Å²) >= 11 is 0. The van der Waals surface area contributed by atoms with E-state index in [1.54, 1.807) is 36.4 Å². The van der Waals surface area contributed by atoms with Gasteiger partial charge in [-0.2, -0.15) is 0 Å². The number of anilines is 1. The van der Waals surface area contributed by atoms with Crippen molar-refractivity contribution in [2.45, 2.75) is 18.2 Å². The Morgan fingerprint density at radius 3 is 2.54 bits per heavy atom. The first kappa shape index (κ1) is 17.9. The Bertz CT molecular complexity index is 1060. The van der Waals surface area contributed by atoms with E-state index in [1.807, 2.05) is 6.92 Å². The molecule has 0 amide bonds. The molecule has 7 heteroatoms. The van der Waals surface area contributed by atoms with E-state index >= 15 is 0 Å². The van der Waals surface area contributed by atoms with Gasteiger partial charge in [0.25, 0.3) is 10.0 Å². The number of hydrogen-bond acceptors (Lipinski definition) is 4. The van der Waals surface area contributed by atoms with Gasteiger partial charge in [0.15, 0.2) is 0 Å². The maximum Gasteiger partial charge on any atom is 0.337 e. The highest BCUT2D eigenvalue weighted by Gasteiger charge is 2.29. The van der Waals surface area contributed by atoms with Crippen LogP contribution >= 0.6 is 0 Å². The summed E-state index contributed by atoms with van der Waals surface area (Å²) < 4.78 is 28.0. The number of nitrogens with zero attached hydrogens (tertiary/aromatic N) is 2. The zero-order valence-electron chi connectivity index (χ0n) is 14.2. The van der Waals surface area contributed by atoms with Crippen LogP contribution < -0.4 is 4.31 Å². The molecule has 0 saturated heterocycles.